The predicted molar refractivity (Wildman–Crippen MR) is 86.1 cm³/mol. The van der Waals surface area contributed by atoms with Crippen molar-refractivity contribution in [2.45, 2.75) is 6.92 Å². The van der Waals surface area contributed by atoms with Gasteiger partial charge in [0.25, 0.3) is 5.91 Å². The maximum absolute atomic E-state index is 12.1. The van der Waals surface area contributed by atoms with Gasteiger partial charge in [-0.15, -0.1) is 5.10 Å². The second-order valence-electron chi connectivity index (χ2n) is 5.63. The van der Waals surface area contributed by atoms with E-state index in [9.17, 15) is 9.59 Å². The summed E-state index contributed by atoms with van der Waals surface area (Å²) in [6.07, 6.45) is 0. The lowest BCUT2D eigenvalue weighted by Crippen LogP contribution is -2.27. The van der Waals surface area contributed by atoms with Gasteiger partial charge in [0.15, 0.2) is 23.8 Å². The molecular weight excluding hydrogens is 328 g/mol. The number of carbonyl (C=O) groups excluding carboxylic acids is 2. The molecule has 0 aliphatic carbocycles. The first-order valence-corrected chi connectivity index (χ1v) is 7.67. The van der Waals surface area contributed by atoms with Crippen LogP contribution in [0.2, 0.25) is 0 Å². The smallest absolute Gasteiger partial charge is 0.361 e. The molecule has 3 rings (SSSR count). The number of benzene rings is 1. The van der Waals surface area contributed by atoms with Crippen LogP contribution in [-0.2, 0) is 9.53 Å². The summed E-state index contributed by atoms with van der Waals surface area (Å²) >= 11 is 0. The van der Waals surface area contributed by atoms with E-state index in [-0.39, 0.29) is 18.2 Å². The molecule has 0 fully saturated rings. The molecule has 0 radical (unpaired) electrons. The highest BCUT2D eigenvalue weighted by molar-refractivity contribution is 5.90. The minimum Gasteiger partial charge on any atom is -0.486 e. The highest BCUT2D eigenvalue weighted by atomic mass is 16.6. The van der Waals surface area contributed by atoms with E-state index in [4.69, 9.17) is 14.2 Å². The molecule has 0 atom stereocenters. The van der Waals surface area contributed by atoms with Gasteiger partial charge in [-0.05, 0) is 19.1 Å². The molecule has 132 valence electrons. The fraction of sp³-hybridized carbons (Fsp3) is 0.375. The molecule has 1 aromatic heterocycles. The van der Waals surface area contributed by atoms with Gasteiger partial charge < -0.3 is 19.1 Å². The molecule has 0 unspecified atom stereocenters. The molecule has 2 heterocycles. The van der Waals surface area contributed by atoms with Gasteiger partial charge in [0.1, 0.15) is 13.2 Å². The average Bonchev–Trinajstić information content (AvgIpc) is 3.00. The Labute approximate surface area is 144 Å². The number of aromatic nitrogens is 3. The molecule has 2 aromatic rings. The number of likely N-dealkylation sites (N-methyl/N-ethyl adjacent to an activating group) is 1. The van der Waals surface area contributed by atoms with Gasteiger partial charge in [-0.2, -0.15) is 0 Å². The molecule has 0 saturated heterocycles. The molecule has 0 saturated carbocycles. The Kier molecular flexibility index (Phi) is 4.55. The standard InChI is InChI=1S/C16H18N4O5/c1-10-15(16(22)25-9-14(21)19(2)3)17-18-20(10)11-4-5-12-13(8-11)24-7-6-23-12/h4-5,8H,6-7,9H2,1-3H3. The summed E-state index contributed by atoms with van der Waals surface area (Å²) in [6.45, 7) is 2.34. The van der Waals surface area contributed by atoms with Crippen molar-refractivity contribution in [3.05, 3.63) is 29.6 Å². The van der Waals surface area contributed by atoms with Crippen LogP contribution < -0.4 is 9.47 Å². The Hall–Kier alpha value is -3.10. The molecular formula is C16H18N4O5. The van der Waals surface area contributed by atoms with Crippen LogP contribution in [0.15, 0.2) is 18.2 Å². The Morgan fingerprint density at radius 2 is 1.96 bits per heavy atom. The van der Waals surface area contributed by atoms with E-state index in [0.29, 0.717) is 36.1 Å². The molecule has 1 amide bonds. The van der Waals surface area contributed by atoms with E-state index in [0.717, 1.165) is 0 Å². The van der Waals surface area contributed by atoms with Gasteiger partial charge >= 0.3 is 5.97 Å². The van der Waals surface area contributed by atoms with E-state index in [1.165, 1.54) is 9.58 Å². The maximum atomic E-state index is 12.1. The zero-order chi connectivity index (χ0) is 18.0. The number of amides is 1. The van der Waals surface area contributed by atoms with Crippen molar-refractivity contribution in [3.8, 4) is 17.2 Å². The highest BCUT2D eigenvalue weighted by Crippen LogP contribution is 2.32. The predicted octanol–water partition coefficient (Wildman–Crippen LogP) is 0.592. The summed E-state index contributed by atoms with van der Waals surface area (Å²) in [5.41, 5.74) is 1.23. The molecule has 1 aliphatic heterocycles. The van der Waals surface area contributed by atoms with Crippen LogP contribution in [0.25, 0.3) is 5.69 Å². The lowest BCUT2D eigenvalue weighted by Gasteiger charge is -2.18. The van der Waals surface area contributed by atoms with Crippen molar-refractivity contribution in [3.63, 3.8) is 0 Å². The van der Waals surface area contributed by atoms with E-state index in [1.54, 1.807) is 39.2 Å². The minimum atomic E-state index is -0.698. The SMILES string of the molecule is Cc1c(C(=O)OCC(=O)N(C)C)nnn1-c1ccc2c(c1)OCCO2. The first kappa shape index (κ1) is 16.7. The van der Waals surface area contributed by atoms with Crippen LogP contribution in [0.1, 0.15) is 16.2 Å². The second kappa shape index (κ2) is 6.80. The lowest BCUT2D eigenvalue weighted by molar-refractivity contribution is -0.131. The van der Waals surface area contributed by atoms with E-state index >= 15 is 0 Å². The van der Waals surface area contributed by atoms with Crippen LogP contribution in [0.5, 0.6) is 11.5 Å². The van der Waals surface area contributed by atoms with E-state index < -0.39 is 5.97 Å². The number of hydrogen-bond acceptors (Lipinski definition) is 7. The number of nitrogens with zero attached hydrogens (tertiary/aromatic N) is 4. The quantitative estimate of drug-likeness (QED) is 0.748. The Balaban J connectivity index is 1.79. The number of esters is 1. The van der Waals surface area contributed by atoms with Crippen LogP contribution in [0.4, 0.5) is 0 Å². The monoisotopic (exact) mass is 346 g/mol. The molecule has 25 heavy (non-hydrogen) atoms. The Bertz CT molecular complexity index is 815. The summed E-state index contributed by atoms with van der Waals surface area (Å²) in [5.74, 6) is 0.260. The summed E-state index contributed by atoms with van der Waals surface area (Å²) in [6, 6.07) is 5.33. The summed E-state index contributed by atoms with van der Waals surface area (Å²) < 4.78 is 17.5. The molecule has 9 nitrogen and oxygen atoms in total. The third-order valence-electron chi connectivity index (χ3n) is 3.68. The minimum absolute atomic E-state index is 0.0569. The van der Waals surface area contributed by atoms with Gasteiger partial charge in [0.2, 0.25) is 0 Å². The van der Waals surface area contributed by atoms with Crippen molar-refractivity contribution in [2.75, 3.05) is 33.9 Å². The first-order chi connectivity index (χ1) is 12.0. The molecule has 9 heteroatoms. The van der Waals surface area contributed by atoms with Gasteiger partial charge in [-0.3, -0.25) is 4.79 Å². The maximum Gasteiger partial charge on any atom is 0.361 e. The normalized spacial score (nSPS) is 12.6. The molecule has 0 N–H and O–H groups in total. The topological polar surface area (TPSA) is 95.8 Å². The average molecular weight is 346 g/mol. The fourth-order valence-electron chi connectivity index (χ4n) is 2.25. The number of hydrogen-bond donors (Lipinski definition) is 0. The zero-order valence-corrected chi connectivity index (χ0v) is 14.2. The largest absolute Gasteiger partial charge is 0.486 e. The van der Waals surface area contributed by atoms with Gasteiger partial charge in [-0.25, -0.2) is 9.48 Å². The zero-order valence-electron chi connectivity index (χ0n) is 14.2. The van der Waals surface area contributed by atoms with Crippen molar-refractivity contribution >= 4 is 11.9 Å². The van der Waals surface area contributed by atoms with Crippen molar-refractivity contribution < 1.29 is 23.8 Å². The van der Waals surface area contributed by atoms with Gasteiger partial charge in [-0.1, -0.05) is 5.21 Å². The van der Waals surface area contributed by atoms with Crippen LogP contribution in [0, 0.1) is 6.92 Å². The number of fused-ring (bicyclic) bond motifs is 1. The summed E-state index contributed by atoms with van der Waals surface area (Å²) in [4.78, 5) is 25.0. The highest BCUT2D eigenvalue weighted by Gasteiger charge is 2.21. The van der Waals surface area contributed by atoms with Gasteiger partial charge in [0.05, 0.1) is 11.4 Å². The van der Waals surface area contributed by atoms with Crippen LogP contribution in [0.3, 0.4) is 0 Å². The number of carbonyl (C=O) groups is 2. The fourth-order valence-corrected chi connectivity index (χ4v) is 2.25. The Morgan fingerprint density at radius 1 is 1.24 bits per heavy atom. The molecule has 1 aliphatic rings. The van der Waals surface area contributed by atoms with E-state index in [2.05, 4.69) is 10.3 Å². The number of ether oxygens (including phenoxy) is 3. The third kappa shape index (κ3) is 3.39. The summed E-state index contributed by atoms with van der Waals surface area (Å²) in [7, 11) is 3.17. The molecule has 0 bridgehead atoms. The van der Waals surface area contributed by atoms with E-state index in [1.807, 2.05) is 0 Å². The molecule has 1 aromatic carbocycles. The number of rotatable bonds is 4. The Morgan fingerprint density at radius 3 is 2.68 bits per heavy atom. The molecule has 0 spiro atoms. The van der Waals surface area contributed by atoms with Gasteiger partial charge in [0, 0.05) is 20.2 Å². The van der Waals surface area contributed by atoms with Crippen LogP contribution in [-0.4, -0.2) is 65.7 Å². The third-order valence-corrected chi connectivity index (χ3v) is 3.68. The first-order valence-electron chi connectivity index (χ1n) is 7.67. The van der Waals surface area contributed by atoms with Crippen molar-refractivity contribution in [1.82, 2.24) is 19.9 Å². The van der Waals surface area contributed by atoms with Crippen molar-refractivity contribution in [1.29, 1.82) is 0 Å². The lowest BCUT2D eigenvalue weighted by atomic mass is 10.2. The van der Waals surface area contributed by atoms with Crippen LogP contribution >= 0.6 is 0 Å². The summed E-state index contributed by atoms with van der Waals surface area (Å²) in [5, 5.41) is 7.86. The second-order valence-corrected chi connectivity index (χ2v) is 5.63. The van der Waals surface area contributed by atoms with Crippen molar-refractivity contribution in [2.24, 2.45) is 0 Å².